The molecule has 16 heavy (non-hydrogen) atoms. The largest absolute Gasteiger partial charge is 0.463 e. The Morgan fingerprint density at radius 1 is 1.69 bits per heavy atom. The second-order valence-corrected chi connectivity index (χ2v) is 4.05. The van der Waals surface area contributed by atoms with E-state index in [2.05, 4.69) is 9.88 Å². The molecule has 0 bridgehead atoms. The number of rotatable bonds is 6. The smallest absolute Gasteiger partial charge is 0.330 e. The molecule has 0 unspecified atom stereocenters. The summed E-state index contributed by atoms with van der Waals surface area (Å²) in [5, 5.41) is 2.02. The fourth-order valence-corrected chi connectivity index (χ4v) is 1.73. The third kappa shape index (κ3) is 5.04. The van der Waals surface area contributed by atoms with Crippen molar-refractivity contribution in [3.63, 3.8) is 0 Å². The summed E-state index contributed by atoms with van der Waals surface area (Å²) in [6.45, 7) is 3.70. The van der Waals surface area contributed by atoms with Crippen LogP contribution < -0.4 is 0 Å². The van der Waals surface area contributed by atoms with E-state index in [1.807, 2.05) is 17.9 Å². The molecular weight excluding hydrogens is 224 g/mol. The van der Waals surface area contributed by atoms with Crippen LogP contribution in [0.25, 0.3) is 0 Å². The molecule has 0 aliphatic rings. The Kier molecular flexibility index (Phi) is 5.74. The number of ether oxygens (including phenoxy) is 1. The molecule has 0 aromatic carbocycles. The van der Waals surface area contributed by atoms with E-state index in [-0.39, 0.29) is 5.97 Å². The van der Waals surface area contributed by atoms with Crippen LogP contribution in [0.5, 0.6) is 0 Å². The molecule has 0 aliphatic carbocycles. The molecule has 1 aromatic rings. The van der Waals surface area contributed by atoms with Gasteiger partial charge in [-0.15, -0.1) is 11.3 Å². The lowest BCUT2D eigenvalue weighted by molar-refractivity contribution is -0.137. The first-order valence-corrected chi connectivity index (χ1v) is 6.05. The van der Waals surface area contributed by atoms with E-state index in [4.69, 9.17) is 4.74 Å². The Balaban J connectivity index is 2.24. The fraction of sp³-hybridized carbons (Fsp3) is 0.455. The van der Waals surface area contributed by atoms with Gasteiger partial charge in [-0.05, 0) is 14.0 Å². The number of aromatic nitrogens is 1. The zero-order valence-electron chi connectivity index (χ0n) is 9.55. The molecule has 88 valence electrons. The first kappa shape index (κ1) is 12.9. The molecule has 0 atom stereocenters. The van der Waals surface area contributed by atoms with Crippen LogP contribution in [0.1, 0.15) is 12.6 Å². The number of carbonyl (C=O) groups excluding carboxylic acids is 1. The number of hydrogen-bond donors (Lipinski definition) is 0. The molecule has 0 radical (unpaired) electrons. The summed E-state index contributed by atoms with van der Waals surface area (Å²) in [5.74, 6) is -0.287. The highest BCUT2D eigenvalue weighted by molar-refractivity contribution is 7.07. The monoisotopic (exact) mass is 240 g/mol. The van der Waals surface area contributed by atoms with Crippen LogP contribution in [0.15, 0.2) is 23.0 Å². The first-order valence-electron chi connectivity index (χ1n) is 5.11. The third-order valence-corrected chi connectivity index (χ3v) is 2.51. The Bertz CT molecular complexity index is 336. The minimum absolute atomic E-state index is 0.287. The lowest BCUT2D eigenvalue weighted by atomic mass is 10.4. The summed E-state index contributed by atoms with van der Waals surface area (Å²) in [7, 11) is 1.98. The number of carbonyl (C=O) groups is 1. The van der Waals surface area contributed by atoms with Gasteiger partial charge in [0.15, 0.2) is 0 Å². The van der Waals surface area contributed by atoms with Crippen LogP contribution in [0.2, 0.25) is 0 Å². The van der Waals surface area contributed by atoms with Gasteiger partial charge in [0, 0.05) is 24.5 Å². The van der Waals surface area contributed by atoms with E-state index < -0.39 is 0 Å². The van der Waals surface area contributed by atoms with E-state index >= 15 is 0 Å². The summed E-state index contributed by atoms with van der Waals surface area (Å²) in [5.41, 5.74) is 2.87. The fourth-order valence-electron chi connectivity index (χ4n) is 1.18. The second kappa shape index (κ2) is 7.14. The van der Waals surface area contributed by atoms with Gasteiger partial charge in [0.05, 0.1) is 17.8 Å². The molecule has 5 heteroatoms. The van der Waals surface area contributed by atoms with Gasteiger partial charge in [-0.1, -0.05) is 6.08 Å². The van der Waals surface area contributed by atoms with Crippen LogP contribution in [0.3, 0.4) is 0 Å². The van der Waals surface area contributed by atoms with Crippen molar-refractivity contribution >= 4 is 17.3 Å². The SMILES string of the molecule is CCOC(=O)/C=C/CN(C)Cc1cscn1. The standard InChI is InChI=1S/C11H16N2O2S/c1-3-15-11(14)5-4-6-13(2)7-10-8-16-9-12-10/h4-5,8-9H,3,6-7H2,1-2H3/b5-4+. The van der Waals surface area contributed by atoms with E-state index in [1.165, 1.54) is 6.08 Å². The van der Waals surface area contributed by atoms with Crippen LogP contribution in [0, 0.1) is 0 Å². The van der Waals surface area contributed by atoms with Gasteiger partial charge < -0.3 is 4.74 Å². The zero-order chi connectivity index (χ0) is 11.8. The van der Waals surface area contributed by atoms with Gasteiger partial charge >= 0.3 is 5.97 Å². The molecule has 1 rings (SSSR count). The number of likely N-dealkylation sites (N-methyl/N-ethyl adjacent to an activating group) is 1. The molecule has 0 saturated heterocycles. The Morgan fingerprint density at radius 2 is 2.50 bits per heavy atom. The van der Waals surface area contributed by atoms with Crippen LogP contribution >= 0.6 is 11.3 Å². The average molecular weight is 240 g/mol. The quantitative estimate of drug-likeness (QED) is 0.560. The number of hydrogen-bond acceptors (Lipinski definition) is 5. The van der Waals surface area contributed by atoms with Crippen molar-refractivity contribution < 1.29 is 9.53 Å². The Morgan fingerprint density at radius 3 is 3.12 bits per heavy atom. The average Bonchev–Trinajstić information content (AvgIpc) is 2.70. The maximum Gasteiger partial charge on any atom is 0.330 e. The highest BCUT2D eigenvalue weighted by atomic mass is 32.1. The van der Waals surface area contributed by atoms with Crippen molar-refractivity contribution in [1.29, 1.82) is 0 Å². The van der Waals surface area contributed by atoms with Gasteiger partial charge in [0.1, 0.15) is 0 Å². The lowest BCUT2D eigenvalue weighted by Gasteiger charge is -2.11. The minimum atomic E-state index is -0.287. The van der Waals surface area contributed by atoms with Crippen LogP contribution in [-0.2, 0) is 16.1 Å². The summed E-state index contributed by atoms with van der Waals surface area (Å²) in [6, 6.07) is 0. The van der Waals surface area contributed by atoms with E-state index in [0.29, 0.717) is 13.2 Å². The predicted octanol–water partition coefficient (Wildman–Crippen LogP) is 1.69. The number of esters is 1. The van der Waals surface area contributed by atoms with Gasteiger partial charge in [-0.25, -0.2) is 9.78 Å². The maximum atomic E-state index is 11.0. The van der Waals surface area contributed by atoms with E-state index in [1.54, 1.807) is 24.3 Å². The van der Waals surface area contributed by atoms with Crippen molar-refractivity contribution in [2.75, 3.05) is 20.2 Å². The van der Waals surface area contributed by atoms with E-state index in [0.717, 1.165) is 12.2 Å². The maximum absolute atomic E-state index is 11.0. The van der Waals surface area contributed by atoms with Gasteiger partial charge in [0.25, 0.3) is 0 Å². The van der Waals surface area contributed by atoms with Crippen LogP contribution in [-0.4, -0.2) is 36.1 Å². The summed E-state index contributed by atoms with van der Waals surface area (Å²) in [6.07, 6.45) is 3.26. The predicted molar refractivity (Wildman–Crippen MR) is 64.2 cm³/mol. The molecule has 0 fully saturated rings. The second-order valence-electron chi connectivity index (χ2n) is 3.33. The molecule has 0 N–H and O–H groups in total. The van der Waals surface area contributed by atoms with Crippen molar-refractivity contribution in [3.05, 3.63) is 28.7 Å². The van der Waals surface area contributed by atoms with Crippen molar-refractivity contribution in [3.8, 4) is 0 Å². The molecule has 0 saturated carbocycles. The normalized spacial score (nSPS) is 11.2. The topological polar surface area (TPSA) is 42.4 Å². The molecule has 1 heterocycles. The molecular formula is C11H16N2O2S. The van der Waals surface area contributed by atoms with Gasteiger partial charge in [-0.3, -0.25) is 4.90 Å². The highest BCUT2D eigenvalue weighted by Crippen LogP contribution is 2.03. The lowest BCUT2D eigenvalue weighted by Crippen LogP contribution is -2.18. The van der Waals surface area contributed by atoms with Gasteiger partial charge in [0.2, 0.25) is 0 Å². The third-order valence-electron chi connectivity index (χ3n) is 1.87. The minimum Gasteiger partial charge on any atom is -0.463 e. The summed E-state index contributed by atoms with van der Waals surface area (Å²) >= 11 is 1.59. The summed E-state index contributed by atoms with van der Waals surface area (Å²) in [4.78, 5) is 17.3. The summed E-state index contributed by atoms with van der Waals surface area (Å²) < 4.78 is 4.77. The Labute approximate surface area is 99.6 Å². The van der Waals surface area contributed by atoms with Crippen molar-refractivity contribution in [1.82, 2.24) is 9.88 Å². The van der Waals surface area contributed by atoms with Crippen molar-refractivity contribution in [2.45, 2.75) is 13.5 Å². The van der Waals surface area contributed by atoms with Crippen LogP contribution in [0.4, 0.5) is 0 Å². The highest BCUT2D eigenvalue weighted by Gasteiger charge is 2.00. The number of nitrogens with zero attached hydrogens (tertiary/aromatic N) is 2. The molecule has 0 aliphatic heterocycles. The van der Waals surface area contributed by atoms with Crippen molar-refractivity contribution in [2.24, 2.45) is 0 Å². The first-order chi connectivity index (χ1) is 7.72. The Hall–Kier alpha value is -1.20. The number of thiazole rings is 1. The molecule has 4 nitrogen and oxygen atoms in total. The molecule has 0 amide bonds. The zero-order valence-corrected chi connectivity index (χ0v) is 10.4. The van der Waals surface area contributed by atoms with E-state index in [9.17, 15) is 4.79 Å². The molecule has 1 aromatic heterocycles. The van der Waals surface area contributed by atoms with Gasteiger partial charge in [-0.2, -0.15) is 0 Å². The molecule has 0 spiro atoms.